The van der Waals surface area contributed by atoms with Crippen molar-refractivity contribution in [2.45, 2.75) is 24.7 Å². The lowest BCUT2D eigenvalue weighted by molar-refractivity contribution is 0.660. The molecule has 3 aliphatic rings. The summed E-state index contributed by atoms with van der Waals surface area (Å²) in [6.45, 7) is 4.74. The highest BCUT2D eigenvalue weighted by molar-refractivity contribution is 5.97. The summed E-state index contributed by atoms with van der Waals surface area (Å²) < 4.78 is 0. The smallest absolute Gasteiger partial charge is 0.0725 e. The Bertz CT molecular complexity index is 3090. The monoisotopic (exact) mass is 751 g/mol. The van der Waals surface area contributed by atoms with Crippen LogP contribution in [0.2, 0.25) is 0 Å². The Balaban J connectivity index is 1.05. The second-order valence-corrected chi connectivity index (χ2v) is 16.8. The number of nitrogens with zero attached hydrogens (tertiary/aromatic N) is 1. The van der Waals surface area contributed by atoms with E-state index in [1.807, 2.05) is 0 Å². The van der Waals surface area contributed by atoms with Crippen LogP contribution < -0.4 is 4.90 Å². The average molecular weight is 752 g/mol. The number of hydrogen-bond donors (Lipinski definition) is 0. The molecule has 0 unspecified atom stereocenters. The van der Waals surface area contributed by atoms with Crippen molar-refractivity contribution in [3.63, 3.8) is 0 Å². The summed E-state index contributed by atoms with van der Waals surface area (Å²) in [5, 5.41) is 0. The molecule has 9 aromatic carbocycles. The maximum atomic E-state index is 2.48. The largest absolute Gasteiger partial charge is 0.310 e. The molecule has 9 aromatic rings. The Morgan fingerprint density at radius 1 is 0.271 bits per heavy atom. The lowest BCUT2D eigenvalue weighted by Gasteiger charge is -2.31. The van der Waals surface area contributed by atoms with E-state index in [4.69, 9.17) is 0 Å². The van der Waals surface area contributed by atoms with E-state index < -0.39 is 0 Å². The molecular weight excluding hydrogens is 711 g/mol. The average Bonchev–Trinajstić information content (AvgIpc) is 3.85. The van der Waals surface area contributed by atoms with Gasteiger partial charge in [0, 0.05) is 22.5 Å². The maximum Gasteiger partial charge on any atom is 0.0725 e. The van der Waals surface area contributed by atoms with Gasteiger partial charge in [-0.1, -0.05) is 190 Å². The van der Waals surface area contributed by atoms with E-state index in [2.05, 4.69) is 231 Å². The highest BCUT2D eigenvalue weighted by atomic mass is 15.1. The van der Waals surface area contributed by atoms with E-state index in [1.165, 1.54) is 89.0 Å². The van der Waals surface area contributed by atoms with Crippen LogP contribution in [0.1, 0.15) is 47.2 Å². The van der Waals surface area contributed by atoms with Crippen molar-refractivity contribution in [3.05, 3.63) is 246 Å². The Labute approximate surface area is 346 Å². The van der Waals surface area contributed by atoms with Crippen LogP contribution in [-0.2, 0) is 10.8 Å². The number of anilines is 3. The molecule has 12 rings (SSSR count). The molecule has 1 heteroatoms. The van der Waals surface area contributed by atoms with Crippen molar-refractivity contribution in [1.29, 1.82) is 0 Å². The molecule has 0 heterocycles. The van der Waals surface area contributed by atoms with E-state index in [0.717, 1.165) is 17.1 Å². The summed E-state index contributed by atoms with van der Waals surface area (Å²) in [4.78, 5) is 2.48. The zero-order valence-electron chi connectivity index (χ0n) is 33.2. The van der Waals surface area contributed by atoms with Crippen molar-refractivity contribution in [3.8, 4) is 55.6 Å². The third-order valence-electron chi connectivity index (χ3n) is 13.5. The molecule has 0 bridgehead atoms. The topological polar surface area (TPSA) is 3.24 Å². The molecule has 0 radical (unpaired) electrons. The summed E-state index contributed by atoms with van der Waals surface area (Å²) in [5.74, 6) is 0. The first-order valence-electron chi connectivity index (χ1n) is 20.8. The molecule has 0 aromatic heterocycles. The van der Waals surface area contributed by atoms with Crippen molar-refractivity contribution in [2.24, 2.45) is 0 Å². The third kappa shape index (κ3) is 4.79. The Kier molecular flexibility index (Phi) is 7.26. The van der Waals surface area contributed by atoms with Crippen LogP contribution in [0, 0.1) is 0 Å². The van der Waals surface area contributed by atoms with Gasteiger partial charge in [0.1, 0.15) is 0 Å². The fourth-order valence-corrected chi connectivity index (χ4v) is 10.8. The fourth-order valence-electron chi connectivity index (χ4n) is 10.8. The van der Waals surface area contributed by atoms with Crippen molar-refractivity contribution >= 4 is 17.1 Å². The molecule has 3 aliphatic carbocycles. The predicted molar refractivity (Wildman–Crippen MR) is 246 cm³/mol. The van der Waals surface area contributed by atoms with Crippen LogP contribution in [0.15, 0.2) is 212 Å². The summed E-state index contributed by atoms with van der Waals surface area (Å²) in [6, 6.07) is 79.1. The van der Waals surface area contributed by atoms with E-state index in [0.29, 0.717) is 0 Å². The Morgan fingerprint density at radius 2 is 0.695 bits per heavy atom. The number of benzene rings is 9. The molecule has 0 fully saturated rings. The summed E-state index contributed by atoms with van der Waals surface area (Å²) in [7, 11) is 0. The molecule has 0 saturated heterocycles. The first-order valence-corrected chi connectivity index (χ1v) is 20.8. The van der Waals surface area contributed by atoms with Crippen LogP contribution in [-0.4, -0.2) is 0 Å². The van der Waals surface area contributed by atoms with Gasteiger partial charge in [-0.25, -0.2) is 0 Å². The van der Waals surface area contributed by atoms with Crippen molar-refractivity contribution < 1.29 is 0 Å². The van der Waals surface area contributed by atoms with Crippen LogP contribution in [0.3, 0.4) is 0 Å². The van der Waals surface area contributed by atoms with Crippen molar-refractivity contribution in [2.75, 3.05) is 4.90 Å². The van der Waals surface area contributed by atoms with Gasteiger partial charge >= 0.3 is 0 Å². The molecule has 0 aliphatic heterocycles. The lowest BCUT2D eigenvalue weighted by Crippen LogP contribution is -2.25. The molecule has 0 saturated carbocycles. The van der Waals surface area contributed by atoms with E-state index >= 15 is 0 Å². The van der Waals surface area contributed by atoms with Gasteiger partial charge in [0.05, 0.1) is 5.41 Å². The fraction of sp³-hybridized carbons (Fsp3) is 0.0690. The van der Waals surface area contributed by atoms with E-state index in [9.17, 15) is 0 Å². The standard InChI is InChI=1S/C58H41N/c1-57(2)51-23-10-6-19-45(51)49-33-31-44(37-56(49)57)59(42-18-14-17-41(35-42)40-29-27-39(28-30-40)38-15-4-3-5-16-38)43-32-34-55-50(36-43)48-22-9-13-26-54(48)58(55)52-24-11-7-20-46(52)47-21-8-12-25-53(47)58/h3-37H,1-2H3. The van der Waals surface area contributed by atoms with Crippen LogP contribution >= 0.6 is 0 Å². The number of rotatable bonds is 5. The highest BCUT2D eigenvalue weighted by Crippen LogP contribution is 2.63. The highest BCUT2D eigenvalue weighted by Gasteiger charge is 2.51. The second kappa shape index (κ2) is 12.6. The minimum Gasteiger partial charge on any atom is -0.310 e. The van der Waals surface area contributed by atoms with Gasteiger partial charge in [-0.3, -0.25) is 0 Å². The van der Waals surface area contributed by atoms with Gasteiger partial charge in [-0.15, -0.1) is 0 Å². The zero-order valence-corrected chi connectivity index (χ0v) is 33.2. The van der Waals surface area contributed by atoms with Crippen LogP contribution in [0.4, 0.5) is 17.1 Å². The first-order chi connectivity index (χ1) is 29.0. The lowest BCUT2D eigenvalue weighted by atomic mass is 9.70. The van der Waals surface area contributed by atoms with Gasteiger partial charge in [-0.05, 0) is 125 Å². The predicted octanol–water partition coefficient (Wildman–Crippen LogP) is 15.1. The molecular formula is C58H41N. The molecule has 278 valence electrons. The third-order valence-corrected chi connectivity index (χ3v) is 13.5. The van der Waals surface area contributed by atoms with Gasteiger partial charge in [-0.2, -0.15) is 0 Å². The normalized spacial score (nSPS) is 14.2. The number of hydrogen-bond acceptors (Lipinski definition) is 1. The molecule has 1 spiro atoms. The van der Waals surface area contributed by atoms with Crippen LogP contribution in [0.25, 0.3) is 55.6 Å². The zero-order chi connectivity index (χ0) is 39.3. The SMILES string of the molecule is CC1(C)c2ccccc2-c2ccc(N(c3cccc(-c4ccc(-c5ccccc5)cc4)c3)c3ccc4c(c3)-c3ccccc3C43c4ccccc4-c4ccccc43)cc21. The molecule has 1 nitrogen and oxygen atoms in total. The molecule has 0 N–H and O–H groups in total. The van der Waals surface area contributed by atoms with Gasteiger partial charge in [0.25, 0.3) is 0 Å². The van der Waals surface area contributed by atoms with Crippen molar-refractivity contribution in [1.82, 2.24) is 0 Å². The molecule has 59 heavy (non-hydrogen) atoms. The maximum absolute atomic E-state index is 2.48. The van der Waals surface area contributed by atoms with E-state index in [1.54, 1.807) is 0 Å². The second-order valence-electron chi connectivity index (χ2n) is 16.8. The van der Waals surface area contributed by atoms with Gasteiger partial charge in [0.2, 0.25) is 0 Å². The Hall–Kier alpha value is -7.22. The minimum absolute atomic E-state index is 0.123. The van der Waals surface area contributed by atoms with Gasteiger partial charge in [0.15, 0.2) is 0 Å². The first kappa shape index (κ1) is 33.9. The van der Waals surface area contributed by atoms with Crippen LogP contribution in [0.5, 0.6) is 0 Å². The summed E-state index contributed by atoms with van der Waals surface area (Å²) in [5.41, 5.74) is 23.8. The van der Waals surface area contributed by atoms with E-state index in [-0.39, 0.29) is 10.8 Å². The molecule has 0 amide bonds. The minimum atomic E-state index is -0.377. The quantitative estimate of drug-likeness (QED) is 0.169. The summed E-state index contributed by atoms with van der Waals surface area (Å²) in [6.07, 6.45) is 0. The Morgan fingerprint density at radius 3 is 1.34 bits per heavy atom. The number of fused-ring (bicyclic) bond motifs is 13. The van der Waals surface area contributed by atoms with Gasteiger partial charge < -0.3 is 4.90 Å². The molecule has 0 atom stereocenters. The summed E-state index contributed by atoms with van der Waals surface area (Å²) >= 11 is 0.